The Morgan fingerprint density at radius 3 is 2.42 bits per heavy atom. The van der Waals surface area contributed by atoms with Crippen LogP contribution in [0.25, 0.3) is 0 Å². The maximum absolute atomic E-state index is 12.2. The predicted octanol–water partition coefficient (Wildman–Crippen LogP) is 2.16. The first kappa shape index (κ1) is 13.6. The molecule has 1 fully saturated rings. The molecule has 0 saturated heterocycles. The van der Waals surface area contributed by atoms with E-state index in [0.717, 1.165) is 5.56 Å². The highest BCUT2D eigenvalue weighted by Crippen LogP contribution is 2.45. The molecule has 1 aliphatic carbocycles. The number of carboxylic acid groups (broad SMARTS) is 1. The second-order valence-electron chi connectivity index (χ2n) is 5.17. The number of rotatable bonds is 6. The second kappa shape index (κ2) is 5.43. The van der Waals surface area contributed by atoms with Gasteiger partial charge in [0.15, 0.2) is 0 Å². The second-order valence-corrected chi connectivity index (χ2v) is 5.17. The molecular weight excluding hydrogens is 242 g/mol. The Bertz CT molecular complexity index is 466. The third-order valence-corrected chi connectivity index (χ3v) is 3.83. The molecule has 2 rings (SSSR count). The monoisotopic (exact) mass is 261 g/mol. The first-order valence-electron chi connectivity index (χ1n) is 6.65. The molecule has 19 heavy (non-hydrogen) atoms. The summed E-state index contributed by atoms with van der Waals surface area (Å²) in [6.07, 6.45) is 2.02. The average Bonchev–Trinajstić information content (AvgIpc) is 3.20. The SMILES string of the molecule is CCC(C(=O)NCC1(C(=O)O)CC1)c1ccccc1. The summed E-state index contributed by atoms with van der Waals surface area (Å²) in [7, 11) is 0. The molecule has 0 aliphatic heterocycles. The van der Waals surface area contributed by atoms with E-state index < -0.39 is 11.4 Å². The fraction of sp³-hybridized carbons (Fsp3) is 0.467. The molecule has 4 heteroatoms. The number of carbonyl (C=O) groups is 2. The predicted molar refractivity (Wildman–Crippen MR) is 71.8 cm³/mol. The van der Waals surface area contributed by atoms with Gasteiger partial charge in [-0.3, -0.25) is 9.59 Å². The number of carboxylic acids is 1. The van der Waals surface area contributed by atoms with Crippen molar-refractivity contribution in [3.63, 3.8) is 0 Å². The third-order valence-electron chi connectivity index (χ3n) is 3.83. The summed E-state index contributed by atoms with van der Waals surface area (Å²) in [5, 5.41) is 11.9. The highest BCUT2D eigenvalue weighted by molar-refractivity contribution is 5.85. The van der Waals surface area contributed by atoms with Crippen LogP contribution < -0.4 is 5.32 Å². The zero-order valence-corrected chi connectivity index (χ0v) is 11.1. The lowest BCUT2D eigenvalue weighted by Gasteiger charge is -2.17. The van der Waals surface area contributed by atoms with Crippen LogP contribution in [0.4, 0.5) is 0 Å². The first-order chi connectivity index (χ1) is 9.09. The number of hydrogen-bond acceptors (Lipinski definition) is 2. The lowest BCUT2D eigenvalue weighted by atomic mass is 9.95. The average molecular weight is 261 g/mol. The molecule has 1 saturated carbocycles. The molecule has 102 valence electrons. The van der Waals surface area contributed by atoms with Crippen LogP contribution in [0, 0.1) is 5.41 Å². The molecule has 0 aromatic heterocycles. The van der Waals surface area contributed by atoms with Crippen molar-refractivity contribution in [1.82, 2.24) is 5.32 Å². The summed E-state index contributed by atoms with van der Waals surface area (Å²) < 4.78 is 0. The largest absolute Gasteiger partial charge is 0.481 e. The van der Waals surface area contributed by atoms with Gasteiger partial charge < -0.3 is 10.4 Å². The summed E-state index contributed by atoms with van der Waals surface area (Å²) in [4.78, 5) is 23.2. The van der Waals surface area contributed by atoms with Crippen molar-refractivity contribution in [3.8, 4) is 0 Å². The summed E-state index contributed by atoms with van der Waals surface area (Å²) in [5.74, 6) is -1.09. The van der Waals surface area contributed by atoms with E-state index in [-0.39, 0.29) is 18.4 Å². The number of carbonyl (C=O) groups excluding carboxylic acids is 1. The minimum atomic E-state index is -0.805. The molecular formula is C15H19NO3. The zero-order valence-electron chi connectivity index (χ0n) is 11.1. The van der Waals surface area contributed by atoms with Gasteiger partial charge in [0.1, 0.15) is 0 Å². The molecule has 2 N–H and O–H groups in total. The van der Waals surface area contributed by atoms with Gasteiger partial charge in [-0.05, 0) is 24.8 Å². The summed E-state index contributed by atoms with van der Waals surface area (Å²) in [5.41, 5.74) is 0.271. The van der Waals surface area contributed by atoms with E-state index in [0.29, 0.717) is 19.3 Å². The van der Waals surface area contributed by atoms with Gasteiger partial charge in [-0.2, -0.15) is 0 Å². The molecule has 1 amide bonds. The van der Waals surface area contributed by atoms with Crippen LogP contribution in [0.3, 0.4) is 0 Å². The maximum atomic E-state index is 12.2. The summed E-state index contributed by atoms with van der Waals surface area (Å²) >= 11 is 0. The molecule has 0 spiro atoms. The standard InChI is InChI=1S/C15H19NO3/c1-2-12(11-6-4-3-5-7-11)13(17)16-10-15(8-9-15)14(18)19/h3-7,12H,2,8-10H2,1H3,(H,16,17)(H,18,19). The van der Waals surface area contributed by atoms with E-state index in [1.165, 1.54) is 0 Å². The van der Waals surface area contributed by atoms with Crippen LogP contribution in [0.1, 0.15) is 37.7 Å². The van der Waals surface area contributed by atoms with Crippen molar-refractivity contribution >= 4 is 11.9 Å². The van der Waals surface area contributed by atoms with Crippen molar-refractivity contribution < 1.29 is 14.7 Å². The van der Waals surface area contributed by atoms with Gasteiger partial charge in [-0.15, -0.1) is 0 Å². The van der Waals surface area contributed by atoms with Gasteiger partial charge in [0.25, 0.3) is 0 Å². The first-order valence-corrected chi connectivity index (χ1v) is 6.65. The Morgan fingerprint density at radius 2 is 1.95 bits per heavy atom. The van der Waals surface area contributed by atoms with Gasteiger partial charge in [-0.25, -0.2) is 0 Å². The molecule has 0 bridgehead atoms. The lowest BCUT2D eigenvalue weighted by molar-refractivity contribution is -0.143. The molecule has 0 heterocycles. The quantitative estimate of drug-likeness (QED) is 0.824. The smallest absolute Gasteiger partial charge is 0.311 e. The number of benzene rings is 1. The Hall–Kier alpha value is -1.84. The normalized spacial score (nSPS) is 17.5. The van der Waals surface area contributed by atoms with Crippen LogP contribution in [0.15, 0.2) is 30.3 Å². The van der Waals surface area contributed by atoms with E-state index in [1.54, 1.807) is 0 Å². The van der Waals surface area contributed by atoms with E-state index in [2.05, 4.69) is 5.32 Å². The van der Waals surface area contributed by atoms with Crippen molar-refractivity contribution in [2.45, 2.75) is 32.1 Å². The summed E-state index contributed by atoms with van der Waals surface area (Å²) in [6, 6.07) is 9.59. The van der Waals surface area contributed by atoms with Crippen LogP contribution in [0.2, 0.25) is 0 Å². The van der Waals surface area contributed by atoms with E-state index in [1.807, 2.05) is 37.3 Å². The Labute approximate surface area is 112 Å². The van der Waals surface area contributed by atoms with Crippen LogP contribution in [-0.4, -0.2) is 23.5 Å². The number of nitrogens with one attached hydrogen (secondary N) is 1. The fourth-order valence-electron chi connectivity index (χ4n) is 2.25. The van der Waals surface area contributed by atoms with E-state index in [9.17, 15) is 9.59 Å². The van der Waals surface area contributed by atoms with Crippen LogP contribution in [0.5, 0.6) is 0 Å². The Balaban J connectivity index is 1.97. The molecule has 1 atom stereocenters. The van der Waals surface area contributed by atoms with E-state index in [4.69, 9.17) is 5.11 Å². The minimum Gasteiger partial charge on any atom is -0.481 e. The van der Waals surface area contributed by atoms with Crippen molar-refractivity contribution in [3.05, 3.63) is 35.9 Å². The lowest BCUT2D eigenvalue weighted by Crippen LogP contribution is -2.36. The Kier molecular flexibility index (Phi) is 3.88. The number of amides is 1. The topological polar surface area (TPSA) is 66.4 Å². The number of aliphatic carboxylic acids is 1. The maximum Gasteiger partial charge on any atom is 0.311 e. The molecule has 0 radical (unpaired) electrons. The van der Waals surface area contributed by atoms with Crippen LogP contribution >= 0.6 is 0 Å². The molecule has 1 unspecified atom stereocenters. The molecule has 4 nitrogen and oxygen atoms in total. The van der Waals surface area contributed by atoms with Gasteiger partial charge in [-0.1, -0.05) is 37.3 Å². The fourth-order valence-corrected chi connectivity index (χ4v) is 2.25. The zero-order chi connectivity index (χ0) is 13.9. The Morgan fingerprint density at radius 1 is 1.32 bits per heavy atom. The highest BCUT2D eigenvalue weighted by Gasteiger charge is 2.50. The third kappa shape index (κ3) is 2.95. The molecule has 1 aromatic carbocycles. The van der Waals surface area contributed by atoms with Crippen molar-refractivity contribution in [2.24, 2.45) is 5.41 Å². The summed E-state index contributed by atoms with van der Waals surface area (Å²) in [6.45, 7) is 2.20. The van der Waals surface area contributed by atoms with Gasteiger partial charge >= 0.3 is 5.97 Å². The minimum absolute atomic E-state index is 0.0822. The van der Waals surface area contributed by atoms with E-state index >= 15 is 0 Å². The highest BCUT2D eigenvalue weighted by atomic mass is 16.4. The van der Waals surface area contributed by atoms with Gasteiger partial charge in [0.2, 0.25) is 5.91 Å². The molecule has 1 aromatic rings. The number of hydrogen-bond donors (Lipinski definition) is 2. The molecule has 1 aliphatic rings. The van der Waals surface area contributed by atoms with Gasteiger partial charge in [0.05, 0.1) is 11.3 Å². The van der Waals surface area contributed by atoms with Crippen molar-refractivity contribution in [1.29, 1.82) is 0 Å². The van der Waals surface area contributed by atoms with Crippen molar-refractivity contribution in [2.75, 3.05) is 6.54 Å². The van der Waals surface area contributed by atoms with Crippen LogP contribution in [-0.2, 0) is 9.59 Å². The van der Waals surface area contributed by atoms with Gasteiger partial charge in [0, 0.05) is 6.54 Å².